The van der Waals surface area contributed by atoms with Crippen LogP contribution in [0.1, 0.15) is 5.56 Å². The maximum Gasteiger partial charge on any atom is 0.261 e. The van der Waals surface area contributed by atoms with E-state index in [1.165, 1.54) is 0 Å². The van der Waals surface area contributed by atoms with Crippen molar-refractivity contribution in [3.8, 4) is 11.1 Å². The van der Waals surface area contributed by atoms with Crippen LogP contribution in [-0.4, -0.2) is 8.42 Å². The highest BCUT2D eigenvalue weighted by Crippen LogP contribution is 2.25. The number of anilines is 1. The van der Waals surface area contributed by atoms with Gasteiger partial charge in [0.15, 0.2) is 0 Å². The summed E-state index contributed by atoms with van der Waals surface area (Å²) in [7, 11) is -3.59. The van der Waals surface area contributed by atoms with E-state index in [1.807, 2.05) is 43.3 Å². The molecule has 3 nitrogen and oxygen atoms in total. The zero-order valence-electron chi connectivity index (χ0n) is 13.0. The second-order valence-corrected chi connectivity index (χ2v) is 7.63. The summed E-state index contributed by atoms with van der Waals surface area (Å²) in [6.07, 6.45) is 0. The summed E-state index contributed by atoms with van der Waals surface area (Å²) in [6.45, 7) is 1.92. The molecule has 0 radical (unpaired) electrons. The highest BCUT2D eigenvalue weighted by molar-refractivity contribution is 7.92. The predicted octanol–water partition coefficient (Wildman–Crippen LogP) is 5.12. The smallest absolute Gasteiger partial charge is 0.261 e. The number of sulfonamides is 1. The van der Waals surface area contributed by atoms with Gasteiger partial charge in [-0.3, -0.25) is 4.72 Å². The van der Waals surface area contributed by atoms with E-state index < -0.39 is 10.0 Å². The minimum atomic E-state index is -3.59. The third kappa shape index (κ3) is 3.78. The molecule has 3 rings (SSSR count). The Morgan fingerprint density at radius 1 is 0.833 bits per heavy atom. The standard InChI is InChI=1S/C19H16ClNO2S/c1-14-5-11-19(12-6-14)24(22,23)21-18-9-7-15(8-10-18)16-3-2-4-17(20)13-16/h2-13,21H,1H3. The van der Waals surface area contributed by atoms with Crippen LogP contribution in [0.4, 0.5) is 5.69 Å². The van der Waals surface area contributed by atoms with Gasteiger partial charge < -0.3 is 0 Å². The Morgan fingerprint density at radius 2 is 1.50 bits per heavy atom. The Kier molecular flexibility index (Phi) is 4.60. The summed E-state index contributed by atoms with van der Waals surface area (Å²) in [5.74, 6) is 0. The van der Waals surface area contributed by atoms with Crippen LogP contribution in [0.3, 0.4) is 0 Å². The molecule has 0 amide bonds. The van der Waals surface area contributed by atoms with E-state index in [0.29, 0.717) is 10.7 Å². The molecule has 0 fully saturated rings. The van der Waals surface area contributed by atoms with Gasteiger partial charge in [0.05, 0.1) is 4.90 Å². The van der Waals surface area contributed by atoms with Crippen molar-refractivity contribution in [1.82, 2.24) is 0 Å². The number of nitrogens with one attached hydrogen (secondary N) is 1. The minimum absolute atomic E-state index is 0.243. The third-order valence-corrected chi connectivity index (χ3v) is 5.26. The molecule has 1 N–H and O–H groups in total. The first-order valence-corrected chi connectivity index (χ1v) is 9.26. The monoisotopic (exact) mass is 357 g/mol. The Bertz CT molecular complexity index is 949. The van der Waals surface area contributed by atoms with E-state index in [1.54, 1.807) is 36.4 Å². The molecule has 0 bridgehead atoms. The fraction of sp³-hybridized carbons (Fsp3) is 0.0526. The number of rotatable bonds is 4. The fourth-order valence-corrected chi connectivity index (χ4v) is 3.58. The molecule has 0 aliphatic heterocycles. The molecule has 3 aromatic carbocycles. The molecule has 24 heavy (non-hydrogen) atoms. The number of benzene rings is 3. The van der Waals surface area contributed by atoms with Gasteiger partial charge in [0.2, 0.25) is 0 Å². The van der Waals surface area contributed by atoms with Crippen molar-refractivity contribution in [2.24, 2.45) is 0 Å². The largest absolute Gasteiger partial charge is 0.280 e. The normalized spacial score (nSPS) is 11.2. The molecule has 0 atom stereocenters. The van der Waals surface area contributed by atoms with Crippen molar-refractivity contribution in [1.29, 1.82) is 0 Å². The van der Waals surface area contributed by atoms with Crippen LogP contribution in [-0.2, 0) is 10.0 Å². The van der Waals surface area contributed by atoms with Crippen LogP contribution in [0, 0.1) is 6.92 Å². The first-order valence-electron chi connectivity index (χ1n) is 7.39. The lowest BCUT2D eigenvalue weighted by molar-refractivity contribution is 0.601. The summed E-state index contributed by atoms with van der Waals surface area (Å²) >= 11 is 6.00. The van der Waals surface area contributed by atoms with Crippen LogP contribution >= 0.6 is 11.6 Å². The first-order chi connectivity index (χ1) is 11.4. The lowest BCUT2D eigenvalue weighted by Gasteiger charge is -2.09. The van der Waals surface area contributed by atoms with Crippen LogP contribution in [0.25, 0.3) is 11.1 Å². The molecule has 0 aliphatic rings. The summed E-state index contributed by atoms with van der Waals surface area (Å²) < 4.78 is 27.4. The molecule has 0 aromatic heterocycles. The summed E-state index contributed by atoms with van der Waals surface area (Å²) in [4.78, 5) is 0.243. The van der Waals surface area contributed by atoms with Crippen LogP contribution in [0.15, 0.2) is 77.7 Å². The second kappa shape index (κ2) is 6.67. The van der Waals surface area contributed by atoms with Crippen molar-refractivity contribution < 1.29 is 8.42 Å². The van der Waals surface area contributed by atoms with E-state index >= 15 is 0 Å². The zero-order valence-corrected chi connectivity index (χ0v) is 14.6. The lowest BCUT2D eigenvalue weighted by Crippen LogP contribution is -2.12. The van der Waals surface area contributed by atoms with E-state index in [0.717, 1.165) is 16.7 Å². The summed E-state index contributed by atoms with van der Waals surface area (Å²) in [6, 6.07) is 21.5. The van der Waals surface area contributed by atoms with E-state index in [2.05, 4.69) is 4.72 Å². The van der Waals surface area contributed by atoms with Gasteiger partial charge >= 0.3 is 0 Å². The van der Waals surface area contributed by atoms with E-state index in [9.17, 15) is 8.42 Å². The molecule has 5 heteroatoms. The van der Waals surface area contributed by atoms with Gasteiger partial charge in [-0.2, -0.15) is 0 Å². The number of hydrogen-bond acceptors (Lipinski definition) is 2. The molecule has 0 saturated heterocycles. The third-order valence-electron chi connectivity index (χ3n) is 3.63. The topological polar surface area (TPSA) is 46.2 Å². The average molecular weight is 358 g/mol. The summed E-state index contributed by atoms with van der Waals surface area (Å²) in [5.41, 5.74) is 3.48. The first kappa shape index (κ1) is 16.6. The lowest BCUT2D eigenvalue weighted by atomic mass is 10.1. The maximum atomic E-state index is 12.4. The van der Waals surface area contributed by atoms with Crippen molar-refractivity contribution in [3.63, 3.8) is 0 Å². The van der Waals surface area contributed by atoms with Gasteiger partial charge in [0, 0.05) is 10.7 Å². The maximum absolute atomic E-state index is 12.4. The molecule has 0 saturated carbocycles. The Balaban J connectivity index is 1.82. The summed E-state index contributed by atoms with van der Waals surface area (Å²) in [5, 5.41) is 0.664. The zero-order chi connectivity index (χ0) is 17.2. The molecular formula is C19H16ClNO2S. The fourth-order valence-electron chi connectivity index (χ4n) is 2.33. The molecule has 122 valence electrons. The van der Waals surface area contributed by atoms with Crippen molar-refractivity contribution >= 4 is 27.3 Å². The molecular weight excluding hydrogens is 342 g/mol. The van der Waals surface area contributed by atoms with Gasteiger partial charge in [-0.1, -0.05) is 53.6 Å². The van der Waals surface area contributed by atoms with Crippen molar-refractivity contribution in [2.75, 3.05) is 4.72 Å². The van der Waals surface area contributed by atoms with E-state index in [-0.39, 0.29) is 4.90 Å². The highest BCUT2D eigenvalue weighted by atomic mass is 35.5. The van der Waals surface area contributed by atoms with Crippen molar-refractivity contribution in [2.45, 2.75) is 11.8 Å². The molecule has 3 aromatic rings. The number of hydrogen-bond donors (Lipinski definition) is 1. The molecule has 0 heterocycles. The average Bonchev–Trinajstić information content (AvgIpc) is 2.55. The Morgan fingerprint density at radius 3 is 2.12 bits per heavy atom. The minimum Gasteiger partial charge on any atom is -0.280 e. The second-order valence-electron chi connectivity index (χ2n) is 5.51. The van der Waals surface area contributed by atoms with Gasteiger partial charge in [0.1, 0.15) is 0 Å². The quantitative estimate of drug-likeness (QED) is 0.704. The van der Waals surface area contributed by atoms with Crippen LogP contribution < -0.4 is 4.72 Å². The number of aryl methyl sites for hydroxylation is 1. The van der Waals surface area contributed by atoms with Gasteiger partial charge in [-0.15, -0.1) is 0 Å². The van der Waals surface area contributed by atoms with E-state index in [4.69, 9.17) is 11.6 Å². The SMILES string of the molecule is Cc1ccc(S(=O)(=O)Nc2ccc(-c3cccc(Cl)c3)cc2)cc1. The Hall–Kier alpha value is -2.30. The molecule has 0 unspecified atom stereocenters. The highest BCUT2D eigenvalue weighted by Gasteiger charge is 2.13. The van der Waals surface area contributed by atoms with Crippen molar-refractivity contribution in [3.05, 3.63) is 83.4 Å². The molecule has 0 spiro atoms. The predicted molar refractivity (Wildman–Crippen MR) is 98.9 cm³/mol. The Labute approximate surface area is 147 Å². The van der Waals surface area contributed by atoms with Gasteiger partial charge in [-0.05, 0) is 54.4 Å². The van der Waals surface area contributed by atoms with Crippen LogP contribution in [0.5, 0.6) is 0 Å². The van der Waals surface area contributed by atoms with Gasteiger partial charge in [-0.25, -0.2) is 8.42 Å². The van der Waals surface area contributed by atoms with Gasteiger partial charge in [0.25, 0.3) is 10.0 Å². The van der Waals surface area contributed by atoms with Crippen LogP contribution in [0.2, 0.25) is 5.02 Å². The number of halogens is 1. The molecule has 0 aliphatic carbocycles.